The van der Waals surface area contributed by atoms with Gasteiger partial charge in [0.1, 0.15) is 0 Å². The summed E-state index contributed by atoms with van der Waals surface area (Å²) >= 11 is 0. The van der Waals surface area contributed by atoms with Crippen molar-refractivity contribution >= 4 is 17.1 Å². The lowest BCUT2D eigenvalue weighted by Crippen LogP contribution is -2.16. The Morgan fingerprint density at radius 3 is 1.58 bits per heavy atom. The van der Waals surface area contributed by atoms with E-state index in [2.05, 4.69) is 213 Å². The van der Waals surface area contributed by atoms with E-state index in [4.69, 9.17) is 0 Å². The molecule has 0 aromatic heterocycles. The molecule has 0 heterocycles. The first-order chi connectivity index (χ1) is 26.0. The summed E-state index contributed by atoms with van der Waals surface area (Å²) < 4.78 is 0. The number of hydrogen-bond acceptors (Lipinski definition) is 1. The van der Waals surface area contributed by atoms with E-state index < -0.39 is 0 Å². The van der Waals surface area contributed by atoms with E-state index in [-0.39, 0.29) is 11.3 Å². The largest absolute Gasteiger partial charge is 0.310 e. The Hall–Kier alpha value is -6.44. The molecule has 1 atom stereocenters. The summed E-state index contributed by atoms with van der Waals surface area (Å²) in [6.45, 7) is 4.71. The van der Waals surface area contributed by atoms with E-state index in [1.807, 2.05) is 0 Å². The first-order valence-corrected chi connectivity index (χ1v) is 18.6. The minimum atomic E-state index is -0.0830. The molecule has 252 valence electrons. The van der Waals surface area contributed by atoms with E-state index in [9.17, 15) is 0 Å². The first-order valence-electron chi connectivity index (χ1n) is 18.6. The molecule has 0 radical (unpaired) electrons. The van der Waals surface area contributed by atoms with Gasteiger partial charge in [0.2, 0.25) is 0 Å². The molecule has 0 fully saturated rings. The van der Waals surface area contributed by atoms with Crippen LogP contribution in [0.2, 0.25) is 0 Å². The van der Waals surface area contributed by atoms with Gasteiger partial charge in [-0.2, -0.15) is 0 Å². The van der Waals surface area contributed by atoms with Crippen LogP contribution >= 0.6 is 0 Å². The molecule has 8 aromatic rings. The lowest BCUT2D eigenvalue weighted by atomic mass is 9.82. The fourth-order valence-corrected chi connectivity index (χ4v) is 8.90. The predicted octanol–water partition coefficient (Wildman–Crippen LogP) is 14.0. The third-order valence-electron chi connectivity index (χ3n) is 11.6. The number of fused-ring (bicyclic) bond motifs is 6. The Morgan fingerprint density at radius 2 is 0.868 bits per heavy atom. The highest BCUT2D eigenvalue weighted by Crippen LogP contribution is 2.51. The van der Waals surface area contributed by atoms with Crippen molar-refractivity contribution in [1.29, 1.82) is 0 Å². The molecule has 10 rings (SSSR count). The van der Waals surface area contributed by atoms with Crippen LogP contribution in [0.25, 0.3) is 44.5 Å². The fraction of sp³-hybridized carbons (Fsp3) is 0.0769. The summed E-state index contributed by atoms with van der Waals surface area (Å²) in [5.41, 5.74) is 20.4. The average Bonchev–Trinajstić information content (AvgIpc) is 3.67. The highest BCUT2D eigenvalue weighted by Gasteiger charge is 2.36. The molecule has 0 saturated heterocycles. The van der Waals surface area contributed by atoms with E-state index >= 15 is 0 Å². The molecule has 1 nitrogen and oxygen atoms in total. The molecule has 53 heavy (non-hydrogen) atoms. The summed E-state index contributed by atoms with van der Waals surface area (Å²) in [5.74, 6) is 0.255. The van der Waals surface area contributed by atoms with Crippen molar-refractivity contribution in [2.75, 3.05) is 4.90 Å². The maximum atomic E-state index is 2.41. The minimum absolute atomic E-state index is 0.0830. The van der Waals surface area contributed by atoms with Crippen LogP contribution in [0.4, 0.5) is 17.1 Å². The molecule has 0 N–H and O–H groups in total. The minimum Gasteiger partial charge on any atom is -0.310 e. The Labute approximate surface area is 312 Å². The Morgan fingerprint density at radius 1 is 0.358 bits per heavy atom. The number of benzene rings is 8. The predicted molar refractivity (Wildman–Crippen MR) is 222 cm³/mol. The van der Waals surface area contributed by atoms with Crippen LogP contribution in [0.3, 0.4) is 0 Å². The van der Waals surface area contributed by atoms with Crippen LogP contribution < -0.4 is 4.90 Å². The number of nitrogens with zero attached hydrogens (tertiary/aromatic N) is 1. The van der Waals surface area contributed by atoms with Gasteiger partial charge in [0.05, 0.1) is 0 Å². The Kier molecular flexibility index (Phi) is 7.30. The van der Waals surface area contributed by atoms with E-state index in [0.29, 0.717) is 0 Å². The molecule has 0 spiro atoms. The Bertz CT molecular complexity index is 2620. The lowest BCUT2D eigenvalue weighted by Gasteiger charge is -2.28. The third kappa shape index (κ3) is 5.15. The molecule has 2 aliphatic carbocycles. The molecule has 0 bridgehead atoms. The standard InChI is InChI=1S/C52H39N/c1-52(2)49-20-12-11-18-44(49)45-32-30-42(34-50(45)52)53(40-26-21-36(22-27-40)35-13-5-3-6-14-35)41-28-23-37(24-29-41)39-25-31-47-48(33-39)43-17-9-10-19-46(43)51(47)38-15-7-4-8-16-38/h3-34,51H,1-2H3/t51-/m0/s1. The lowest BCUT2D eigenvalue weighted by molar-refractivity contribution is 0.660. The number of anilines is 3. The summed E-state index contributed by atoms with van der Waals surface area (Å²) in [5, 5.41) is 0. The average molecular weight is 678 g/mol. The van der Waals surface area contributed by atoms with Crippen molar-refractivity contribution in [3.8, 4) is 44.5 Å². The van der Waals surface area contributed by atoms with Crippen LogP contribution in [0.5, 0.6) is 0 Å². The number of hydrogen-bond donors (Lipinski definition) is 0. The number of rotatable bonds is 6. The van der Waals surface area contributed by atoms with Crippen LogP contribution in [0.1, 0.15) is 47.6 Å². The normalized spacial score (nSPS) is 14.6. The molecule has 1 heteroatoms. The van der Waals surface area contributed by atoms with Gasteiger partial charge in [-0.05, 0) is 115 Å². The summed E-state index contributed by atoms with van der Waals surface area (Å²) in [7, 11) is 0. The van der Waals surface area contributed by atoms with Crippen LogP contribution in [0.15, 0.2) is 194 Å². The van der Waals surface area contributed by atoms with Crippen LogP contribution in [-0.4, -0.2) is 0 Å². The van der Waals surface area contributed by atoms with Gasteiger partial charge < -0.3 is 4.90 Å². The maximum Gasteiger partial charge on any atom is 0.0465 e. The quantitative estimate of drug-likeness (QED) is 0.169. The van der Waals surface area contributed by atoms with Crippen molar-refractivity contribution in [2.24, 2.45) is 0 Å². The third-order valence-corrected chi connectivity index (χ3v) is 11.6. The zero-order valence-electron chi connectivity index (χ0n) is 30.0. The Balaban J connectivity index is 1.05. The first kappa shape index (κ1) is 31.3. The zero-order chi connectivity index (χ0) is 35.5. The molecule has 2 aliphatic rings. The summed E-state index contributed by atoms with van der Waals surface area (Å²) in [4.78, 5) is 2.40. The van der Waals surface area contributed by atoms with Gasteiger partial charge in [-0.3, -0.25) is 0 Å². The van der Waals surface area contributed by atoms with Crippen molar-refractivity contribution in [3.05, 3.63) is 222 Å². The van der Waals surface area contributed by atoms with Crippen molar-refractivity contribution < 1.29 is 0 Å². The highest BCUT2D eigenvalue weighted by molar-refractivity contribution is 5.88. The molecular weight excluding hydrogens is 639 g/mol. The van der Waals surface area contributed by atoms with E-state index in [1.54, 1.807) is 0 Å². The monoisotopic (exact) mass is 677 g/mol. The zero-order valence-corrected chi connectivity index (χ0v) is 30.0. The SMILES string of the molecule is CC1(C)c2ccccc2-c2ccc(N(c3ccc(-c4ccccc4)cc3)c3ccc(-c4ccc5c(c4)-c4ccccc4[C@@H]5c4ccccc4)cc3)cc21. The van der Waals surface area contributed by atoms with Gasteiger partial charge in [0.25, 0.3) is 0 Å². The van der Waals surface area contributed by atoms with Crippen molar-refractivity contribution in [1.82, 2.24) is 0 Å². The molecule has 0 amide bonds. The van der Waals surface area contributed by atoms with E-state index in [1.165, 1.54) is 72.3 Å². The van der Waals surface area contributed by atoms with Gasteiger partial charge >= 0.3 is 0 Å². The topological polar surface area (TPSA) is 3.24 Å². The molecular formula is C52H39N. The van der Waals surface area contributed by atoms with Gasteiger partial charge in [0, 0.05) is 28.4 Å². The van der Waals surface area contributed by atoms with E-state index in [0.717, 1.165) is 17.1 Å². The maximum absolute atomic E-state index is 2.41. The molecule has 0 saturated carbocycles. The van der Waals surface area contributed by atoms with Gasteiger partial charge in [0.15, 0.2) is 0 Å². The van der Waals surface area contributed by atoms with Gasteiger partial charge in [-0.25, -0.2) is 0 Å². The fourth-order valence-electron chi connectivity index (χ4n) is 8.90. The summed E-state index contributed by atoms with van der Waals surface area (Å²) in [6, 6.07) is 71.5. The van der Waals surface area contributed by atoms with Crippen molar-refractivity contribution in [2.45, 2.75) is 25.2 Å². The second-order valence-corrected chi connectivity index (χ2v) is 14.9. The molecule has 8 aromatic carbocycles. The smallest absolute Gasteiger partial charge is 0.0465 e. The second-order valence-electron chi connectivity index (χ2n) is 14.9. The van der Waals surface area contributed by atoms with Gasteiger partial charge in [-0.1, -0.05) is 166 Å². The van der Waals surface area contributed by atoms with Gasteiger partial charge in [-0.15, -0.1) is 0 Å². The molecule has 0 unspecified atom stereocenters. The van der Waals surface area contributed by atoms with Crippen molar-refractivity contribution in [3.63, 3.8) is 0 Å². The molecule has 0 aliphatic heterocycles. The highest BCUT2D eigenvalue weighted by atomic mass is 15.1. The summed E-state index contributed by atoms with van der Waals surface area (Å²) in [6.07, 6.45) is 0. The second kappa shape index (κ2) is 12.4. The van der Waals surface area contributed by atoms with Crippen LogP contribution in [0, 0.1) is 0 Å². The van der Waals surface area contributed by atoms with Crippen LogP contribution in [-0.2, 0) is 5.41 Å².